The number of aromatic nitrogens is 1. The number of rotatable bonds is 6. The van der Waals surface area contributed by atoms with E-state index in [1.54, 1.807) is 30.3 Å². The third kappa shape index (κ3) is 5.08. The number of halogens is 1. The van der Waals surface area contributed by atoms with Gasteiger partial charge >= 0.3 is 6.09 Å². The molecule has 1 atom stereocenters. The first kappa shape index (κ1) is 20.2. The van der Waals surface area contributed by atoms with Crippen LogP contribution in [0, 0.1) is 5.82 Å². The number of ether oxygens (including phenoxy) is 1. The van der Waals surface area contributed by atoms with Crippen LogP contribution in [0.3, 0.4) is 0 Å². The van der Waals surface area contributed by atoms with Crippen LogP contribution in [0.25, 0.3) is 10.9 Å². The van der Waals surface area contributed by atoms with Crippen molar-refractivity contribution in [2.75, 3.05) is 5.32 Å². The molecule has 0 radical (unpaired) electrons. The van der Waals surface area contributed by atoms with Gasteiger partial charge in [-0.05, 0) is 48.0 Å². The maximum atomic E-state index is 13.2. The fourth-order valence-corrected chi connectivity index (χ4v) is 3.26. The van der Waals surface area contributed by atoms with Crippen molar-refractivity contribution < 1.29 is 18.7 Å². The number of hydrogen-bond donors (Lipinski definition) is 3. The molecule has 1 aromatic heterocycles. The zero-order valence-corrected chi connectivity index (χ0v) is 16.5. The van der Waals surface area contributed by atoms with Crippen molar-refractivity contribution in [2.24, 2.45) is 0 Å². The zero-order chi connectivity index (χ0) is 21.6. The minimum Gasteiger partial charge on any atom is -0.410 e. The summed E-state index contributed by atoms with van der Waals surface area (Å²) in [5.41, 5.74) is 2.23. The molecule has 4 aromatic rings. The van der Waals surface area contributed by atoms with E-state index in [-0.39, 0.29) is 6.42 Å². The van der Waals surface area contributed by atoms with Crippen LogP contribution in [-0.4, -0.2) is 23.0 Å². The second kappa shape index (κ2) is 9.13. The summed E-state index contributed by atoms with van der Waals surface area (Å²) in [5.74, 6) is -0.482. The lowest BCUT2D eigenvalue weighted by atomic mass is 10.0. The first-order valence-corrected chi connectivity index (χ1v) is 9.73. The maximum Gasteiger partial charge on any atom is 0.413 e. The van der Waals surface area contributed by atoms with Gasteiger partial charge in [-0.2, -0.15) is 0 Å². The molecule has 6 nitrogen and oxygen atoms in total. The van der Waals surface area contributed by atoms with Crippen LogP contribution in [0.1, 0.15) is 5.56 Å². The van der Waals surface area contributed by atoms with Gasteiger partial charge in [0.2, 0.25) is 5.91 Å². The van der Waals surface area contributed by atoms with Crippen molar-refractivity contribution in [3.05, 3.63) is 96.4 Å². The van der Waals surface area contributed by atoms with Crippen LogP contribution in [-0.2, 0) is 11.2 Å². The summed E-state index contributed by atoms with van der Waals surface area (Å²) in [6.45, 7) is 0. The summed E-state index contributed by atoms with van der Waals surface area (Å²) in [7, 11) is 0. The summed E-state index contributed by atoms with van der Waals surface area (Å²) in [6, 6.07) is 20.8. The van der Waals surface area contributed by atoms with E-state index in [1.807, 2.05) is 30.5 Å². The minimum atomic E-state index is -0.916. The van der Waals surface area contributed by atoms with Gasteiger partial charge in [0.1, 0.15) is 17.6 Å². The predicted octanol–water partition coefficient (Wildman–Crippen LogP) is 4.65. The van der Waals surface area contributed by atoms with E-state index >= 15 is 0 Å². The fraction of sp³-hybridized carbons (Fsp3) is 0.0833. The van der Waals surface area contributed by atoms with Gasteiger partial charge in [-0.3, -0.25) is 4.79 Å². The lowest BCUT2D eigenvalue weighted by Crippen LogP contribution is -2.46. The molecule has 3 N–H and O–H groups in total. The highest BCUT2D eigenvalue weighted by atomic mass is 19.1. The highest BCUT2D eigenvalue weighted by molar-refractivity contribution is 5.97. The monoisotopic (exact) mass is 417 g/mol. The van der Waals surface area contributed by atoms with E-state index in [0.29, 0.717) is 11.4 Å². The van der Waals surface area contributed by atoms with Gasteiger partial charge in [0.05, 0.1) is 0 Å². The Kier molecular flexibility index (Phi) is 5.93. The number of H-pyrrole nitrogens is 1. The molecule has 0 spiro atoms. The molecule has 0 fully saturated rings. The quantitative estimate of drug-likeness (QED) is 0.427. The van der Waals surface area contributed by atoms with Gasteiger partial charge in [-0.25, -0.2) is 9.18 Å². The van der Waals surface area contributed by atoms with Gasteiger partial charge in [0.15, 0.2) is 0 Å². The molecule has 0 saturated heterocycles. The van der Waals surface area contributed by atoms with Gasteiger partial charge < -0.3 is 20.4 Å². The minimum absolute atomic E-state index is 0.237. The number of carbonyl (C=O) groups excluding carboxylic acids is 2. The second-order valence-corrected chi connectivity index (χ2v) is 6.96. The molecule has 0 aliphatic heterocycles. The molecule has 0 aliphatic carbocycles. The van der Waals surface area contributed by atoms with Gasteiger partial charge in [-0.15, -0.1) is 0 Å². The van der Waals surface area contributed by atoms with Crippen molar-refractivity contribution in [2.45, 2.75) is 12.5 Å². The SMILES string of the molecule is O=C(N[C@H](Cc1c[nH]c2ccccc12)C(=O)Nc1ccc(F)cc1)Oc1ccccc1. The van der Waals surface area contributed by atoms with Crippen LogP contribution >= 0.6 is 0 Å². The van der Waals surface area contributed by atoms with Crippen LogP contribution in [0.15, 0.2) is 85.1 Å². The molecule has 156 valence electrons. The molecule has 0 aliphatic rings. The molecule has 3 aromatic carbocycles. The van der Waals surface area contributed by atoms with E-state index in [0.717, 1.165) is 16.5 Å². The predicted molar refractivity (Wildman–Crippen MR) is 116 cm³/mol. The van der Waals surface area contributed by atoms with E-state index < -0.39 is 23.9 Å². The highest BCUT2D eigenvalue weighted by Gasteiger charge is 2.24. The number of aromatic amines is 1. The van der Waals surface area contributed by atoms with Crippen LogP contribution < -0.4 is 15.4 Å². The van der Waals surface area contributed by atoms with Gasteiger partial charge in [0, 0.05) is 29.2 Å². The second-order valence-electron chi connectivity index (χ2n) is 6.96. The largest absolute Gasteiger partial charge is 0.413 e. The number of hydrogen-bond acceptors (Lipinski definition) is 3. The number of nitrogens with one attached hydrogen (secondary N) is 3. The Balaban J connectivity index is 1.54. The summed E-state index contributed by atoms with van der Waals surface area (Å²) in [6.07, 6.45) is 1.30. The van der Waals surface area contributed by atoms with E-state index in [4.69, 9.17) is 4.74 Å². The third-order valence-corrected chi connectivity index (χ3v) is 4.77. The van der Waals surface area contributed by atoms with Crippen LogP contribution in [0.4, 0.5) is 14.9 Å². The Morgan fingerprint density at radius 2 is 1.65 bits per heavy atom. The number of carbonyl (C=O) groups is 2. The Morgan fingerprint density at radius 1 is 0.935 bits per heavy atom. The topological polar surface area (TPSA) is 83.2 Å². The number of benzene rings is 3. The molecular formula is C24H20FN3O3. The van der Waals surface area contributed by atoms with Gasteiger partial charge in [-0.1, -0.05) is 36.4 Å². The molecule has 31 heavy (non-hydrogen) atoms. The van der Waals surface area contributed by atoms with Crippen LogP contribution in [0.5, 0.6) is 5.75 Å². The Labute approximate surface area is 178 Å². The summed E-state index contributed by atoms with van der Waals surface area (Å²) in [4.78, 5) is 28.6. The molecule has 0 bridgehead atoms. The normalized spacial score (nSPS) is 11.6. The average Bonchev–Trinajstić information content (AvgIpc) is 3.18. The highest BCUT2D eigenvalue weighted by Crippen LogP contribution is 2.20. The lowest BCUT2D eigenvalue weighted by molar-refractivity contribution is -0.118. The van der Waals surface area contributed by atoms with Crippen LogP contribution in [0.2, 0.25) is 0 Å². The van der Waals surface area contributed by atoms with Gasteiger partial charge in [0.25, 0.3) is 0 Å². The lowest BCUT2D eigenvalue weighted by Gasteiger charge is -2.18. The summed E-state index contributed by atoms with van der Waals surface area (Å²) < 4.78 is 18.5. The summed E-state index contributed by atoms with van der Waals surface area (Å²) >= 11 is 0. The molecule has 1 heterocycles. The number of amides is 2. The van der Waals surface area contributed by atoms with E-state index in [1.165, 1.54) is 24.3 Å². The number of fused-ring (bicyclic) bond motifs is 1. The Morgan fingerprint density at radius 3 is 2.42 bits per heavy atom. The summed E-state index contributed by atoms with van der Waals surface area (Å²) in [5, 5.41) is 6.31. The third-order valence-electron chi connectivity index (χ3n) is 4.77. The number of para-hydroxylation sites is 2. The molecule has 0 saturated carbocycles. The Bertz CT molecular complexity index is 1190. The fourth-order valence-electron chi connectivity index (χ4n) is 3.26. The Hall–Kier alpha value is -4.13. The molecule has 4 rings (SSSR count). The number of anilines is 1. The molecule has 2 amide bonds. The van der Waals surface area contributed by atoms with Crippen molar-refractivity contribution in [3.8, 4) is 5.75 Å². The standard InChI is InChI=1S/C24H20FN3O3/c25-17-10-12-18(13-11-17)27-23(29)22(28-24(30)31-19-6-2-1-3-7-19)14-16-15-26-21-9-5-4-8-20(16)21/h1-13,15,22,26H,14H2,(H,27,29)(H,28,30)/t22-/m1/s1. The first-order valence-electron chi connectivity index (χ1n) is 9.73. The first-order chi connectivity index (χ1) is 15.1. The zero-order valence-electron chi connectivity index (χ0n) is 16.5. The van der Waals surface area contributed by atoms with Crippen molar-refractivity contribution in [1.29, 1.82) is 0 Å². The maximum absolute atomic E-state index is 13.2. The molecule has 0 unspecified atom stereocenters. The van der Waals surface area contributed by atoms with Crippen molar-refractivity contribution in [3.63, 3.8) is 0 Å². The van der Waals surface area contributed by atoms with E-state index in [2.05, 4.69) is 15.6 Å². The van der Waals surface area contributed by atoms with Crippen molar-refractivity contribution >= 4 is 28.6 Å². The smallest absolute Gasteiger partial charge is 0.410 e. The molecular weight excluding hydrogens is 397 g/mol. The average molecular weight is 417 g/mol. The van der Waals surface area contributed by atoms with E-state index in [9.17, 15) is 14.0 Å². The molecule has 7 heteroatoms. The van der Waals surface area contributed by atoms with Crippen molar-refractivity contribution in [1.82, 2.24) is 10.3 Å².